The van der Waals surface area contributed by atoms with Crippen LogP contribution in [0.2, 0.25) is 0 Å². The Balaban J connectivity index is 0.000000160. The molecule has 2 fully saturated rings. The average molecular weight is 234 g/mol. The Kier molecular flexibility index (Phi) is 6.18. The van der Waals surface area contributed by atoms with Crippen LogP contribution in [0, 0.1) is 0 Å². The molecule has 0 spiro atoms. The maximum Gasteiger partial charge on any atom is 0.0924 e. The second-order valence-electron chi connectivity index (χ2n) is 4.19. The Morgan fingerprint density at radius 2 is 1.19 bits per heavy atom. The van der Waals surface area contributed by atoms with Crippen molar-refractivity contribution in [3.05, 3.63) is 0 Å². The van der Waals surface area contributed by atoms with Crippen molar-refractivity contribution >= 4 is 0 Å². The summed E-state index contributed by atoms with van der Waals surface area (Å²) < 4.78 is 9.84. The lowest BCUT2D eigenvalue weighted by atomic mass is 10.1. The normalized spacial score (nSPS) is 39.8. The van der Waals surface area contributed by atoms with Gasteiger partial charge in [-0.15, -0.1) is 0 Å². The van der Waals surface area contributed by atoms with Crippen molar-refractivity contribution in [3.8, 4) is 0 Å². The van der Waals surface area contributed by atoms with E-state index >= 15 is 0 Å². The second kappa shape index (κ2) is 7.16. The number of aliphatic hydroxyl groups excluding tert-OH is 2. The molecule has 6 nitrogen and oxygen atoms in total. The fourth-order valence-corrected chi connectivity index (χ4v) is 1.48. The third kappa shape index (κ3) is 4.73. The molecule has 0 saturated carbocycles. The van der Waals surface area contributed by atoms with Gasteiger partial charge in [0, 0.05) is 25.3 Å². The van der Waals surface area contributed by atoms with Crippen molar-refractivity contribution in [1.82, 2.24) is 0 Å². The average Bonchev–Trinajstić information content (AvgIpc) is 2.28. The third-order valence-electron chi connectivity index (χ3n) is 2.76. The van der Waals surface area contributed by atoms with E-state index in [-0.39, 0.29) is 12.1 Å². The molecule has 0 aromatic rings. The van der Waals surface area contributed by atoms with E-state index in [1.807, 2.05) is 0 Å². The van der Waals surface area contributed by atoms with Gasteiger partial charge in [-0.2, -0.15) is 0 Å². The summed E-state index contributed by atoms with van der Waals surface area (Å²) in [6, 6.07) is -0.132. The van der Waals surface area contributed by atoms with Crippen LogP contribution in [0.15, 0.2) is 0 Å². The molecule has 6 N–H and O–H groups in total. The van der Waals surface area contributed by atoms with E-state index in [0.29, 0.717) is 26.4 Å². The van der Waals surface area contributed by atoms with Gasteiger partial charge in [-0.1, -0.05) is 0 Å². The van der Waals surface area contributed by atoms with Crippen LogP contribution in [0.4, 0.5) is 0 Å². The Bertz CT molecular complexity index is 154. The number of rotatable bonds is 0. The molecule has 2 saturated heterocycles. The monoisotopic (exact) mass is 234 g/mol. The third-order valence-corrected chi connectivity index (χ3v) is 2.76. The summed E-state index contributed by atoms with van der Waals surface area (Å²) in [5.74, 6) is 0. The van der Waals surface area contributed by atoms with Gasteiger partial charge in [0.25, 0.3) is 0 Å². The van der Waals surface area contributed by atoms with Crippen LogP contribution in [-0.2, 0) is 9.47 Å². The van der Waals surface area contributed by atoms with Crippen molar-refractivity contribution in [1.29, 1.82) is 0 Å². The minimum Gasteiger partial charge on any atom is -0.389 e. The lowest BCUT2D eigenvalue weighted by Gasteiger charge is -2.23. The molecule has 0 aromatic carbocycles. The van der Waals surface area contributed by atoms with Crippen molar-refractivity contribution in [2.75, 3.05) is 26.4 Å². The van der Waals surface area contributed by atoms with E-state index < -0.39 is 12.2 Å². The molecule has 4 atom stereocenters. The summed E-state index contributed by atoms with van der Waals surface area (Å²) in [7, 11) is 0. The quantitative estimate of drug-likeness (QED) is 0.393. The predicted octanol–water partition coefficient (Wildman–Crippen LogP) is -1.81. The molecule has 2 rings (SSSR count). The van der Waals surface area contributed by atoms with Crippen LogP contribution in [0.1, 0.15) is 12.8 Å². The largest absolute Gasteiger partial charge is 0.389 e. The molecular formula is C10H22N2O4. The van der Waals surface area contributed by atoms with E-state index in [0.717, 1.165) is 12.8 Å². The maximum absolute atomic E-state index is 8.93. The molecule has 2 aliphatic rings. The Morgan fingerprint density at radius 3 is 1.38 bits per heavy atom. The molecule has 0 aromatic heterocycles. The van der Waals surface area contributed by atoms with Gasteiger partial charge in [0.1, 0.15) is 0 Å². The maximum atomic E-state index is 8.93. The molecule has 96 valence electrons. The van der Waals surface area contributed by atoms with Gasteiger partial charge in [0.15, 0.2) is 0 Å². The molecule has 0 bridgehead atoms. The number of ether oxygens (including phenoxy) is 2. The number of aliphatic hydroxyl groups is 2. The first-order chi connectivity index (χ1) is 7.61. The number of nitrogens with two attached hydrogens (primary N) is 2. The highest BCUT2D eigenvalue weighted by molar-refractivity contribution is 4.74. The highest BCUT2D eigenvalue weighted by atomic mass is 16.5. The summed E-state index contributed by atoms with van der Waals surface area (Å²) in [6.45, 7) is 2.19. The first-order valence-corrected chi connectivity index (χ1v) is 5.64. The topological polar surface area (TPSA) is 111 Å². The molecule has 6 heteroatoms. The minimum atomic E-state index is -0.441. The lowest BCUT2D eigenvalue weighted by molar-refractivity contribution is -0.0182. The SMILES string of the molecule is N[C@@H]1CCOC[C@H]1O.N[C@H]1CCOC[C@@H]1O. The first kappa shape index (κ1) is 13.8. The van der Waals surface area contributed by atoms with Gasteiger partial charge in [0.2, 0.25) is 0 Å². The second-order valence-corrected chi connectivity index (χ2v) is 4.19. The summed E-state index contributed by atoms with van der Waals surface area (Å²) in [5, 5.41) is 17.9. The lowest BCUT2D eigenvalue weighted by Crippen LogP contribution is -2.42. The zero-order valence-electron chi connectivity index (χ0n) is 9.42. The van der Waals surface area contributed by atoms with Crippen LogP contribution < -0.4 is 11.5 Å². The molecular weight excluding hydrogens is 212 g/mol. The van der Waals surface area contributed by atoms with Crippen LogP contribution in [0.5, 0.6) is 0 Å². The smallest absolute Gasteiger partial charge is 0.0924 e. The zero-order valence-corrected chi connectivity index (χ0v) is 9.42. The molecule has 2 aliphatic heterocycles. The van der Waals surface area contributed by atoms with Crippen molar-refractivity contribution < 1.29 is 19.7 Å². The Hall–Kier alpha value is -0.240. The van der Waals surface area contributed by atoms with Gasteiger partial charge in [0.05, 0.1) is 25.4 Å². The standard InChI is InChI=1S/2C5H11NO2/c2*6-4-1-2-8-3-5(4)7/h2*4-5,7H,1-3,6H2/t2*4-,5-/m10/s1. The summed E-state index contributed by atoms with van der Waals surface area (Å²) >= 11 is 0. The van der Waals surface area contributed by atoms with Crippen molar-refractivity contribution in [2.24, 2.45) is 11.5 Å². The molecule has 2 heterocycles. The zero-order chi connectivity index (χ0) is 12.0. The van der Waals surface area contributed by atoms with E-state index in [9.17, 15) is 0 Å². The molecule has 0 unspecified atom stereocenters. The summed E-state index contributed by atoms with van der Waals surface area (Å²) in [5.41, 5.74) is 10.9. The van der Waals surface area contributed by atoms with Gasteiger partial charge in [-0.05, 0) is 12.8 Å². The molecule has 0 radical (unpaired) electrons. The Morgan fingerprint density at radius 1 is 0.812 bits per heavy atom. The van der Waals surface area contributed by atoms with E-state index in [4.69, 9.17) is 31.2 Å². The Labute approximate surface area is 95.5 Å². The van der Waals surface area contributed by atoms with E-state index in [2.05, 4.69) is 0 Å². The van der Waals surface area contributed by atoms with Gasteiger partial charge < -0.3 is 31.2 Å². The number of hydrogen-bond donors (Lipinski definition) is 4. The highest BCUT2D eigenvalue weighted by Crippen LogP contribution is 2.04. The van der Waals surface area contributed by atoms with Crippen LogP contribution in [-0.4, -0.2) is 60.9 Å². The first-order valence-electron chi connectivity index (χ1n) is 5.64. The summed E-state index contributed by atoms with van der Waals surface area (Å²) in [6.07, 6.45) is 0.676. The predicted molar refractivity (Wildman–Crippen MR) is 58.8 cm³/mol. The van der Waals surface area contributed by atoms with Gasteiger partial charge in [-0.25, -0.2) is 0 Å². The van der Waals surface area contributed by atoms with Crippen LogP contribution in [0.25, 0.3) is 0 Å². The molecule has 16 heavy (non-hydrogen) atoms. The summed E-state index contributed by atoms with van der Waals surface area (Å²) in [4.78, 5) is 0. The fraction of sp³-hybridized carbons (Fsp3) is 1.00. The van der Waals surface area contributed by atoms with Crippen molar-refractivity contribution in [3.63, 3.8) is 0 Å². The molecule has 0 aliphatic carbocycles. The number of hydrogen-bond acceptors (Lipinski definition) is 6. The fourth-order valence-electron chi connectivity index (χ4n) is 1.48. The van der Waals surface area contributed by atoms with E-state index in [1.54, 1.807) is 0 Å². The van der Waals surface area contributed by atoms with Crippen molar-refractivity contribution in [2.45, 2.75) is 37.1 Å². The van der Waals surface area contributed by atoms with Crippen LogP contribution >= 0.6 is 0 Å². The van der Waals surface area contributed by atoms with Gasteiger partial charge >= 0.3 is 0 Å². The highest BCUT2D eigenvalue weighted by Gasteiger charge is 2.19. The van der Waals surface area contributed by atoms with E-state index in [1.165, 1.54) is 0 Å². The van der Waals surface area contributed by atoms with Crippen LogP contribution in [0.3, 0.4) is 0 Å². The molecule has 0 amide bonds. The minimum absolute atomic E-state index is 0.0660. The van der Waals surface area contributed by atoms with Gasteiger partial charge in [-0.3, -0.25) is 0 Å².